The van der Waals surface area contributed by atoms with Gasteiger partial charge < -0.3 is 4.74 Å². The maximum absolute atomic E-state index is 13.5. The summed E-state index contributed by atoms with van der Waals surface area (Å²) in [6.07, 6.45) is 0.467. The van der Waals surface area contributed by atoms with Crippen molar-refractivity contribution in [3.05, 3.63) is 35.4 Å². The molecule has 1 aromatic rings. The van der Waals surface area contributed by atoms with Crippen LogP contribution >= 0.6 is 0 Å². The molecule has 0 saturated heterocycles. The Morgan fingerprint density at radius 2 is 1.95 bits per heavy atom. The molecule has 0 aliphatic rings. The second-order valence-electron chi connectivity index (χ2n) is 5.68. The molecule has 0 radical (unpaired) electrons. The maximum atomic E-state index is 13.5. The normalized spacial score (nSPS) is 14.2. The van der Waals surface area contributed by atoms with E-state index < -0.39 is 33.0 Å². The number of methoxy groups -OCH3 is 1. The van der Waals surface area contributed by atoms with Gasteiger partial charge in [0.2, 0.25) is 10.0 Å². The molecule has 1 aromatic carbocycles. The van der Waals surface area contributed by atoms with Crippen LogP contribution in [-0.2, 0) is 20.5 Å². The molecule has 0 saturated carbocycles. The Hall–Kier alpha value is -1.05. The minimum atomic E-state index is -3.72. The summed E-state index contributed by atoms with van der Waals surface area (Å²) in [6, 6.07) is 2.47. The van der Waals surface area contributed by atoms with Crippen LogP contribution in [-0.4, -0.2) is 27.2 Å². The Morgan fingerprint density at radius 3 is 2.48 bits per heavy atom. The van der Waals surface area contributed by atoms with E-state index in [-0.39, 0.29) is 11.6 Å². The first-order valence-electron chi connectivity index (χ1n) is 6.54. The number of rotatable bonds is 7. The number of nitrogens with one attached hydrogen (secondary N) is 1. The third-order valence-corrected chi connectivity index (χ3v) is 4.54. The van der Waals surface area contributed by atoms with E-state index in [0.717, 1.165) is 12.1 Å². The number of benzene rings is 1. The van der Waals surface area contributed by atoms with Crippen molar-refractivity contribution < 1.29 is 21.9 Å². The molecule has 1 rings (SSSR count). The number of halogens is 2. The van der Waals surface area contributed by atoms with Crippen molar-refractivity contribution in [1.29, 1.82) is 0 Å². The topological polar surface area (TPSA) is 55.4 Å². The van der Waals surface area contributed by atoms with Crippen molar-refractivity contribution in [2.45, 2.75) is 44.6 Å². The largest absolute Gasteiger partial charge is 0.379 e. The summed E-state index contributed by atoms with van der Waals surface area (Å²) in [5, 5.41) is 0. The van der Waals surface area contributed by atoms with Crippen LogP contribution in [0, 0.1) is 11.6 Å². The molecule has 0 spiro atoms. The van der Waals surface area contributed by atoms with Crippen LogP contribution in [0.25, 0.3) is 0 Å². The number of hydrogen-bond acceptors (Lipinski definition) is 3. The molecule has 1 N–H and O–H groups in total. The van der Waals surface area contributed by atoms with Crippen molar-refractivity contribution in [3.63, 3.8) is 0 Å². The van der Waals surface area contributed by atoms with E-state index in [4.69, 9.17) is 4.74 Å². The van der Waals surface area contributed by atoms with E-state index in [0.29, 0.717) is 12.5 Å². The monoisotopic (exact) mass is 321 g/mol. The molecule has 0 bridgehead atoms. The third kappa shape index (κ3) is 6.07. The summed E-state index contributed by atoms with van der Waals surface area (Å²) < 4.78 is 58.0. The highest BCUT2D eigenvalue weighted by atomic mass is 32.2. The van der Waals surface area contributed by atoms with Gasteiger partial charge in [-0.15, -0.1) is 0 Å². The van der Waals surface area contributed by atoms with Crippen LogP contribution in [0.3, 0.4) is 0 Å². The van der Waals surface area contributed by atoms with Gasteiger partial charge in [0, 0.05) is 24.8 Å². The first kappa shape index (κ1) is 18.0. The first-order valence-corrected chi connectivity index (χ1v) is 8.19. The Morgan fingerprint density at radius 1 is 1.33 bits per heavy atom. The van der Waals surface area contributed by atoms with Gasteiger partial charge in [0.15, 0.2) is 0 Å². The number of ether oxygens (including phenoxy) is 1. The molecule has 0 heterocycles. The van der Waals surface area contributed by atoms with Gasteiger partial charge in [-0.3, -0.25) is 0 Å². The molecule has 0 aromatic heterocycles. The van der Waals surface area contributed by atoms with Gasteiger partial charge in [0.25, 0.3) is 0 Å². The van der Waals surface area contributed by atoms with E-state index in [1.54, 1.807) is 14.0 Å². The average Bonchev–Trinajstić information content (AvgIpc) is 2.31. The summed E-state index contributed by atoms with van der Waals surface area (Å²) >= 11 is 0. The van der Waals surface area contributed by atoms with Crippen molar-refractivity contribution >= 4 is 10.0 Å². The minimum Gasteiger partial charge on any atom is -0.379 e. The van der Waals surface area contributed by atoms with Crippen molar-refractivity contribution in [1.82, 2.24) is 4.72 Å². The lowest BCUT2D eigenvalue weighted by atomic mass is 10.0. The van der Waals surface area contributed by atoms with E-state index >= 15 is 0 Å². The summed E-state index contributed by atoms with van der Waals surface area (Å²) in [4.78, 5) is 0. The molecular weight excluding hydrogens is 300 g/mol. The average molecular weight is 321 g/mol. The molecular formula is C14H21F2NO3S. The molecule has 21 heavy (non-hydrogen) atoms. The van der Waals surface area contributed by atoms with Gasteiger partial charge >= 0.3 is 0 Å². The fourth-order valence-corrected chi connectivity index (χ4v) is 3.48. The van der Waals surface area contributed by atoms with E-state index in [1.807, 2.05) is 13.8 Å². The van der Waals surface area contributed by atoms with Crippen LogP contribution < -0.4 is 4.72 Å². The van der Waals surface area contributed by atoms with E-state index in [1.165, 1.54) is 0 Å². The minimum absolute atomic E-state index is 0.0675. The predicted molar refractivity (Wildman–Crippen MR) is 77.3 cm³/mol. The molecule has 0 aliphatic heterocycles. The Balaban J connectivity index is 2.74. The lowest BCUT2D eigenvalue weighted by molar-refractivity contribution is 0.0103. The highest BCUT2D eigenvalue weighted by Crippen LogP contribution is 2.17. The van der Waals surface area contributed by atoms with Gasteiger partial charge in [0.1, 0.15) is 11.6 Å². The predicted octanol–water partition coefficient (Wildman–Crippen LogP) is 2.59. The molecule has 7 heteroatoms. The van der Waals surface area contributed by atoms with Gasteiger partial charge in [0.05, 0.1) is 11.4 Å². The highest BCUT2D eigenvalue weighted by molar-refractivity contribution is 7.88. The van der Waals surface area contributed by atoms with Crippen LogP contribution in [0.2, 0.25) is 0 Å². The molecule has 4 nitrogen and oxygen atoms in total. The highest BCUT2D eigenvalue weighted by Gasteiger charge is 2.24. The second kappa shape index (κ2) is 6.81. The zero-order valence-electron chi connectivity index (χ0n) is 12.6. The summed E-state index contributed by atoms with van der Waals surface area (Å²) in [5.74, 6) is -2.14. The van der Waals surface area contributed by atoms with E-state index in [9.17, 15) is 17.2 Å². The summed E-state index contributed by atoms with van der Waals surface area (Å²) in [5.41, 5.74) is -0.537. The van der Waals surface area contributed by atoms with Gasteiger partial charge in [-0.2, -0.15) is 0 Å². The fraction of sp³-hybridized carbons (Fsp3) is 0.571. The van der Waals surface area contributed by atoms with Gasteiger partial charge in [-0.1, -0.05) is 6.07 Å². The van der Waals surface area contributed by atoms with Crippen molar-refractivity contribution in [2.75, 3.05) is 7.11 Å². The SMILES string of the molecule is COC(C)(C)CC(C)NS(=O)(=O)Cc1ccc(F)cc1F. The zero-order valence-corrected chi connectivity index (χ0v) is 13.4. The fourth-order valence-electron chi connectivity index (χ4n) is 2.05. The molecule has 120 valence electrons. The molecule has 1 atom stereocenters. The summed E-state index contributed by atoms with van der Waals surface area (Å²) in [7, 11) is -2.17. The smallest absolute Gasteiger partial charge is 0.216 e. The molecule has 0 aliphatic carbocycles. The third-order valence-electron chi connectivity index (χ3n) is 3.09. The molecule has 1 unspecified atom stereocenters. The van der Waals surface area contributed by atoms with Gasteiger partial charge in [-0.05, 0) is 33.3 Å². The Bertz CT molecular complexity index is 588. The lowest BCUT2D eigenvalue weighted by Crippen LogP contribution is -2.39. The number of hydrogen-bond donors (Lipinski definition) is 1. The maximum Gasteiger partial charge on any atom is 0.216 e. The Kier molecular flexibility index (Phi) is 5.83. The first-order chi connectivity index (χ1) is 9.54. The van der Waals surface area contributed by atoms with Crippen LogP contribution in [0.4, 0.5) is 8.78 Å². The Labute approximate surface area is 124 Å². The van der Waals surface area contributed by atoms with Crippen molar-refractivity contribution in [2.24, 2.45) is 0 Å². The zero-order chi connectivity index (χ0) is 16.3. The standard InChI is InChI=1S/C14H21F2NO3S/c1-10(8-14(2,3)20-4)17-21(18,19)9-11-5-6-12(15)7-13(11)16/h5-7,10,17H,8-9H2,1-4H3. The van der Waals surface area contributed by atoms with Crippen molar-refractivity contribution in [3.8, 4) is 0 Å². The lowest BCUT2D eigenvalue weighted by Gasteiger charge is -2.26. The van der Waals surface area contributed by atoms with Gasteiger partial charge in [-0.25, -0.2) is 21.9 Å². The quantitative estimate of drug-likeness (QED) is 0.840. The second-order valence-corrected chi connectivity index (χ2v) is 7.44. The molecule has 0 amide bonds. The molecule has 0 fully saturated rings. The van der Waals surface area contributed by atoms with Crippen LogP contribution in [0.15, 0.2) is 18.2 Å². The van der Waals surface area contributed by atoms with E-state index in [2.05, 4.69) is 4.72 Å². The van der Waals surface area contributed by atoms with Crippen LogP contribution in [0.5, 0.6) is 0 Å². The number of sulfonamides is 1. The van der Waals surface area contributed by atoms with Crippen LogP contribution in [0.1, 0.15) is 32.8 Å². The summed E-state index contributed by atoms with van der Waals surface area (Å²) in [6.45, 7) is 5.40.